The molecular formula is C13H18N4O3. The zero-order valence-electron chi connectivity index (χ0n) is 11.5. The molecular weight excluding hydrogens is 260 g/mol. The molecule has 7 nitrogen and oxygen atoms in total. The Morgan fingerprint density at radius 2 is 2.15 bits per heavy atom. The van der Waals surface area contributed by atoms with E-state index in [2.05, 4.69) is 20.8 Å². The van der Waals surface area contributed by atoms with Crippen LogP contribution in [-0.2, 0) is 11.3 Å². The van der Waals surface area contributed by atoms with E-state index in [9.17, 15) is 0 Å². The second-order valence-electron chi connectivity index (χ2n) is 4.03. The van der Waals surface area contributed by atoms with Crippen LogP contribution in [0, 0.1) is 0 Å². The minimum absolute atomic E-state index is 0.349. The van der Waals surface area contributed by atoms with Crippen molar-refractivity contribution < 1.29 is 13.9 Å². The summed E-state index contributed by atoms with van der Waals surface area (Å²) in [5, 5.41) is 14.0. The van der Waals surface area contributed by atoms with Crippen LogP contribution in [0.15, 0.2) is 28.7 Å². The third kappa shape index (κ3) is 4.22. The highest BCUT2D eigenvalue weighted by atomic mass is 16.5. The number of benzene rings is 1. The van der Waals surface area contributed by atoms with Gasteiger partial charge in [0.25, 0.3) is 0 Å². The van der Waals surface area contributed by atoms with E-state index in [0.29, 0.717) is 25.1 Å². The number of anilines is 2. The maximum atomic E-state index is 5.46. The number of ether oxygens (including phenoxy) is 2. The van der Waals surface area contributed by atoms with E-state index in [0.717, 1.165) is 18.0 Å². The molecule has 0 unspecified atom stereocenters. The van der Waals surface area contributed by atoms with Crippen LogP contribution >= 0.6 is 0 Å². The lowest BCUT2D eigenvalue weighted by Gasteiger charge is -2.03. The van der Waals surface area contributed by atoms with Crippen molar-refractivity contribution in [1.82, 2.24) is 15.5 Å². The van der Waals surface area contributed by atoms with Gasteiger partial charge in [-0.15, -0.1) is 5.10 Å². The minimum atomic E-state index is 0.349. The van der Waals surface area contributed by atoms with E-state index in [1.165, 1.54) is 0 Å². The molecule has 1 aromatic carbocycles. The average Bonchev–Trinajstić information content (AvgIpc) is 2.91. The fourth-order valence-corrected chi connectivity index (χ4v) is 1.57. The van der Waals surface area contributed by atoms with Crippen LogP contribution < -0.4 is 15.4 Å². The van der Waals surface area contributed by atoms with Gasteiger partial charge in [0.15, 0.2) is 0 Å². The zero-order valence-corrected chi connectivity index (χ0v) is 11.5. The second-order valence-corrected chi connectivity index (χ2v) is 4.03. The Bertz CT molecular complexity index is 530. The normalized spacial score (nSPS) is 10.5. The predicted molar refractivity (Wildman–Crippen MR) is 74.2 cm³/mol. The monoisotopic (exact) mass is 278 g/mol. The molecule has 7 heteroatoms. The Balaban J connectivity index is 1.88. The lowest BCUT2D eigenvalue weighted by Crippen LogP contribution is -2.18. The van der Waals surface area contributed by atoms with Gasteiger partial charge < -0.3 is 24.5 Å². The van der Waals surface area contributed by atoms with Gasteiger partial charge in [0.2, 0.25) is 5.89 Å². The Labute approximate surface area is 117 Å². The van der Waals surface area contributed by atoms with Crippen molar-refractivity contribution in [3.63, 3.8) is 0 Å². The summed E-state index contributed by atoms with van der Waals surface area (Å²) in [5.41, 5.74) is 0.826. The third-order valence-electron chi connectivity index (χ3n) is 2.55. The van der Waals surface area contributed by atoms with Gasteiger partial charge in [-0.1, -0.05) is 11.2 Å². The van der Waals surface area contributed by atoms with Crippen LogP contribution in [0.4, 0.5) is 11.7 Å². The molecule has 0 aliphatic heterocycles. The maximum absolute atomic E-state index is 5.46. The number of aromatic nitrogens is 2. The van der Waals surface area contributed by atoms with Crippen molar-refractivity contribution in [2.75, 3.05) is 32.7 Å². The van der Waals surface area contributed by atoms with E-state index >= 15 is 0 Å². The van der Waals surface area contributed by atoms with Crippen LogP contribution in [0.3, 0.4) is 0 Å². The molecule has 20 heavy (non-hydrogen) atoms. The summed E-state index contributed by atoms with van der Waals surface area (Å²) in [5.74, 6) is 1.28. The van der Waals surface area contributed by atoms with Crippen molar-refractivity contribution in [3.8, 4) is 5.75 Å². The molecule has 0 saturated heterocycles. The zero-order chi connectivity index (χ0) is 14.2. The first-order valence-electron chi connectivity index (χ1n) is 6.25. The highest BCUT2D eigenvalue weighted by molar-refractivity contribution is 5.54. The number of hydrogen-bond donors (Lipinski definition) is 2. The van der Waals surface area contributed by atoms with Crippen molar-refractivity contribution in [1.29, 1.82) is 0 Å². The summed E-state index contributed by atoms with van der Waals surface area (Å²) in [4.78, 5) is 0. The van der Waals surface area contributed by atoms with Gasteiger partial charge in [-0.2, -0.15) is 0 Å². The average molecular weight is 278 g/mol. The molecule has 0 bridgehead atoms. The summed E-state index contributed by atoms with van der Waals surface area (Å²) in [6.07, 6.45) is 0. The van der Waals surface area contributed by atoms with Gasteiger partial charge in [0, 0.05) is 25.4 Å². The van der Waals surface area contributed by atoms with Crippen molar-refractivity contribution >= 4 is 11.7 Å². The first kappa shape index (κ1) is 14.3. The molecule has 0 fully saturated rings. The molecule has 2 rings (SSSR count). The number of hydrogen-bond acceptors (Lipinski definition) is 7. The molecule has 108 valence electrons. The van der Waals surface area contributed by atoms with E-state index in [1.807, 2.05) is 24.3 Å². The molecule has 1 heterocycles. The van der Waals surface area contributed by atoms with Gasteiger partial charge in [0.1, 0.15) is 5.75 Å². The molecule has 2 aromatic rings. The number of methoxy groups -OCH3 is 2. The highest BCUT2D eigenvalue weighted by Crippen LogP contribution is 2.20. The van der Waals surface area contributed by atoms with Crippen molar-refractivity contribution in [2.45, 2.75) is 6.54 Å². The number of nitrogens with one attached hydrogen (secondary N) is 2. The second kappa shape index (κ2) is 7.46. The first-order valence-corrected chi connectivity index (χ1v) is 6.25. The Morgan fingerprint density at radius 1 is 1.25 bits per heavy atom. The van der Waals surface area contributed by atoms with Crippen LogP contribution in [-0.4, -0.2) is 37.6 Å². The van der Waals surface area contributed by atoms with E-state index in [4.69, 9.17) is 13.9 Å². The quantitative estimate of drug-likeness (QED) is 0.709. The molecule has 0 spiro atoms. The van der Waals surface area contributed by atoms with E-state index in [-0.39, 0.29) is 0 Å². The number of rotatable bonds is 8. The fourth-order valence-electron chi connectivity index (χ4n) is 1.57. The summed E-state index contributed by atoms with van der Waals surface area (Å²) in [6, 6.07) is 7.83. The molecule has 0 radical (unpaired) electrons. The maximum Gasteiger partial charge on any atom is 0.320 e. The van der Waals surface area contributed by atoms with Gasteiger partial charge in [-0.3, -0.25) is 0 Å². The van der Waals surface area contributed by atoms with Gasteiger partial charge in [-0.25, -0.2) is 0 Å². The van der Waals surface area contributed by atoms with Crippen LogP contribution in [0.5, 0.6) is 5.75 Å². The SMILES string of the molecule is COCCNCc1nnc(Nc2cccc(OC)c2)o1. The topological polar surface area (TPSA) is 81.4 Å². The minimum Gasteiger partial charge on any atom is -0.497 e. The van der Waals surface area contributed by atoms with Gasteiger partial charge in [-0.05, 0) is 12.1 Å². The highest BCUT2D eigenvalue weighted by Gasteiger charge is 2.06. The summed E-state index contributed by atoms with van der Waals surface area (Å²) >= 11 is 0. The van der Waals surface area contributed by atoms with Gasteiger partial charge in [0.05, 0.1) is 20.3 Å². The molecule has 0 atom stereocenters. The van der Waals surface area contributed by atoms with Crippen LogP contribution in [0.25, 0.3) is 0 Å². The Kier molecular flexibility index (Phi) is 5.33. The van der Waals surface area contributed by atoms with Crippen LogP contribution in [0.2, 0.25) is 0 Å². The predicted octanol–water partition coefficient (Wildman–Crippen LogP) is 1.56. The first-order chi connectivity index (χ1) is 9.81. The lowest BCUT2D eigenvalue weighted by atomic mass is 10.3. The Hall–Kier alpha value is -2.12. The number of nitrogens with zero attached hydrogens (tertiary/aromatic N) is 2. The smallest absolute Gasteiger partial charge is 0.320 e. The molecule has 0 aliphatic carbocycles. The van der Waals surface area contributed by atoms with Crippen molar-refractivity contribution in [2.24, 2.45) is 0 Å². The summed E-state index contributed by atoms with van der Waals surface area (Å²) in [7, 11) is 3.28. The molecule has 0 saturated carbocycles. The molecule has 0 amide bonds. The summed E-state index contributed by atoms with van der Waals surface area (Å²) < 4.78 is 15.5. The summed E-state index contributed by atoms with van der Waals surface area (Å²) in [6.45, 7) is 1.89. The largest absolute Gasteiger partial charge is 0.497 e. The van der Waals surface area contributed by atoms with E-state index < -0.39 is 0 Å². The van der Waals surface area contributed by atoms with Gasteiger partial charge >= 0.3 is 6.01 Å². The molecule has 0 aliphatic rings. The van der Waals surface area contributed by atoms with E-state index in [1.54, 1.807) is 14.2 Å². The van der Waals surface area contributed by atoms with Crippen LogP contribution in [0.1, 0.15) is 5.89 Å². The molecule has 1 aromatic heterocycles. The lowest BCUT2D eigenvalue weighted by molar-refractivity contribution is 0.198. The fraction of sp³-hybridized carbons (Fsp3) is 0.385. The molecule has 2 N–H and O–H groups in total. The Morgan fingerprint density at radius 3 is 2.95 bits per heavy atom. The third-order valence-corrected chi connectivity index (χ3v) is 2.55. The van der Waals surface area contributed by atoms with Crippen molar-refractivity contribution in [3.05, 3.63) is 30.2 Å². The standard InChI is InChI=1S/C13H18N4O3/c1-18-7-6-14-9-12-16-17-13(20-12)15-10-4-3-5-11(8-10)19-2/h3-5,8,14H,6-7,9H2,1-2H3,(H,15,17).